The molecule has 1 aromatic rings. The molecule has 0 aliphatic rings. The predicted octanol–water partition coefficient (Wildman–Crippen LogP) is -0.0624. The molecule has 0 saturated carbocycles. The number of hydrogen-bond donors (Lipinski definition) is 1. The van der Waals surface area contributed by atoms with Crippen LogP contribution in [0.3, 0.4) is 0 Å². The van der Waals surface area contributed by atoms with Gasteiger partial charge in [-0.15, -0.1) is 0 Å². The first-order valence-electron chi connectivity index (χ1n) is 3.90. The van der Waals surface area contributed by atoms with Gasteiger partial charge in [0.05, 0.1) is 6.04 Å². The van der Waals surface area contributed by atoms with Gasteiger partial charge in [0.15, 0.2) is 0 Å². The molecule has 0 saturated heterocycles. The van der Waals surface area contributed by atoms with Gasteiger partial charge in [-0.25, -0.2) is 0 Å². The highest BCUT2D eigenvalue weighted by molar-refractivity contribution is 5.64. The van der Waals surface area contributed by atoms with E-state index in [1.807, 2.05) is 12.1 Å². The average molecular weight is 178 g/mol. The maximum atomic E-state index is 10.5. The van der Waals surface area contributed by atoms with Gasteiger partial charge in [0, 0.05) is 12.4 Å². The van der Waals surface area contributed by atoms with E-state index >= 15 is 0 Å². The Balaban J connectivity index is 2.56. The van der Waals surface area contributed by atoms with E-state index in [0.717, 1.165) is 11.8 Å². The van der Waals surface area contributed by atoms with E-state index in [4.69, 9.17) is 0 Å². The first-order valence-corrected chi connectivity index (χ1v) is 3.90. The van der Waals surface area contributed by atoms with E-state index in [1.54, 1.807) is 12.4 Å². The number of carbonyl (C=O) groups is 2. The SMILES string of the molecule is O=CN[C@H](C=O)Cc1ccncc1. The van der Waals surface area contributed by atoms with Gasteiger partial charge in [-0.3, -0.25) is 9.78 Å². The Morgan fingerprint density at radius 1 is 1.38 bits per heavy atom. The molecule has 68 valence electrons. The van der Waals surface area contributed by atoms with Crippen molar-refractivity contribution in [3.05, 3.63) is 30.1 Å². The van der Waals surface area contributed by atoms with Crippen molar-refractivity contribution in [2.24, 2.45) is 0 Å². The highest BCUT2D eigenvalue weighted by Crippen LogP contribution is 1.99. The molecule has 1 rings (SSSR count). The zero-order chi connectivity index (χ0) is 9.52. The Bertz CT molecular complexity index is 274. The molecular formula is C9H10N2O2. The third-order valence-corrected chi connectivity index (χ3v) is 1.65. The summed E-state index contributed by atoms with van der Waals surface area (Å²) in [7, 11) is 0. The van der Waals surface area contributed by atoms with E-state index < -0.39 is 6.04 Å². The summed E-state index contributed by atoms with van der Waals surface area (Å²) in [5, 5.41) is 2.41. The van der Waals surface area contributed by atoms with Crippen molar-refractivity contribution in [1.29, 1.82) is 0 Å². The minimum absolute atomic E-state index is 0.445. The number of aldehydes is 1. The average Bonchev–Trinajstić information content (AvgIpc) is 2.19. The summed E-state index contributed by atoms with van der Waals surface area (Å²) >= 11 is 0. The summed E-state index contributed by atoms with van der Waals surface area (Å²) in [6.45, 7) is 0. The van der Waals surface area contributed by atoms with Crippen molar-refractivity contribution in [3.8, 4) is 0 Å². The maximum absolute atomic E-state index is 10.5. The lowest BCUT2D eigenvalue weighted by Gasteiger charge is -2.07. The lowest BCUT2D eigenvalue weighted by atomic mass is 10.1. The van der Waals surface area contributed by atoms with Gasteiger partial charge in [0.1, 0.15) is 6.29 Å². The number of pyridine rings is 1. The van der Waals surface area contributed by atoms with Crippen LogP contribution >= 0.6 is 0 Å². The number of aromatic nitrogens is 1. The fourth-order valence-electron chi connectivity index (χ4n) is 1.01. The van der Waals surface area contributed by atoms with Crippen LogP contribution < -0.4 is 5.32 Å². The fraction of sp³-hybridized carbons (Fsp3) is 0.222. The normalized spacial score (nSPS) is 11.7. The lowest BCUT2D eigenvalue weighted by Crippen LogP contribution is -2.31. The Morgan fingerprint density at radius 3 is 2.62 bits per heavy atom. The molecular weight excluding hydrogens is 168 g/mol. The Morgan fingerprint density at radius 2 is 2.08 bits per heavy atom. The molecule has 0 radical (unpaired) electrons. The van der Waals surface area contributed by atoms with Gasteiger partial charge in [-0.05, 0) is 24.1 Å². The lowest BCUT2D eigenvalue weighted by molar-refractivity contribution is -0.115. The molecule has 0 spiro atoms. The minimum atomic E-state index is -0.445. The molecule has 4 nitrogen and oxygen atoms in total. The van der Waals surface area contributed by atoms with E-state index in [1.165, 1.54) is 0 Å². The van der Waals surface area contributed by atoms with Gasteiger partial charge in [0.2, 0.25) is 6.41 Å². The molecule has 0 aliphatic carbocycles. The van der Waals surface area contributed by atoms with Crippen LogP contribution in [0.1, 0.15) is 5.56 Å². The van der Waals surface area contributed by atoms with E-state index in [9.17, 15) is 9.59 Å². The van der Waals surface area contributed by atoms with Crippen LogP contribution in [0, 0.1) is 0 Å². The standard InChI is InChI=1S/C9H10N2O2/c12-6-9(11-7-13)5-8-1-3-10-4-2-8/h1-4,6-7,9H,5H2,(H,11,13)/t9-/m0/s1. The van der Waals surface area contributed by atoms with Gasteiger partial charge in [-0.1, -0.05) is 0 Å². The molecule has 0 fully saturated rings. The van der Waals surface area contributed by atoms with Crippen LogP contribution in [-0.4, -0.2) is 23.7 Å². The maximum Gasteiger partial charge on any atom is 0.207 e. The smallest absolute Gasteiger partial charge is 0.207 e. The van der Waals surface area contributed by atoms with E-state index in [-0.39, 0.29) is 0 Å². The highest BCUT2D eigenvalue weighted by atomic mass is 16.1. The fourth-order valence-corrected chi connectivity index (χ4v) is 1.01. The predicted molar refractivity (Wildman–Crippen MR) is 47.0 cm³/mol. The van der Waals surface area contributed by atoms with Crippen LogP contribution in [-0.2, 0) is 16.0 Å². The van der Waals surface area contributed by atoms with Gasteiger partial charge in [0.25, 0.3) is 0 Å². The Labute approximate surface area is 76.0 Å². The molecule has 0 aromatic carbocycles. The summed E-state index contributed by atoms with van der Waals surface area (Å²) in [5.41, 5.74) is 0.974. The largest absolute Gasteiger partial charge is 0.349 e. The molecule has 4 heteroatoms. The first-order chi connectivity index (χ1) is 6.36. The molecule has 1 amide bonds. The number of amides is 1. The van der Waals surface area contributed by atoms with Gasteiger partial charge < -0.3 is 10.1 Å². The third kappa shape index (κ3) is 3.02. The van der Waals surface area contributed by atoms with Crippen molar-refractivity contribution in [3.63, 3.8) is 0 Å². The second-order valence-electron chi connectivity index (χ2n) is 2.59. The molecule has 13 heavy (non-hydrogen) atoms. The number of rotatable bonds is 5. The highest BCUT2D eigenvalue weighted by Gasteiger charge is 2.05. The van der Waals surface area contributed by atoms with Gasteiger partial charge >= 0.3 is 0 Å². The van der Waals surface area contributed by atoms with Crippen LogP contribution in [0.4, 0.5) is 0 Å². The summed E-state index contributed by atoms with van der Waals surface area (Å²) in [5.74, 6) is 0. The van der Waals surface area contributed by atoms with Crippen molar-refractivity contribution in [1.82, 2.24) is 10.3 Å². The van der Waals surface area contributed by atoms with Crippen LogP contribution in [0.5, 0.6) is 0 Å². The summed E-state index contributed by atoms with van der Waals surface area (Å²) < 4.78 is 0. The van der Waals surface area contributed by atoms with Gasteiger partial charge in [-0.2, -0.15) is 0 Å². The summed E-state index contributed by atoms with van der Waals surface area (Å²) in [6, 6.07) is 3.17. The number of nitrogens with one attached hydrogen (secondary N) is 1. The first kappa shape index (κ1) is 9.38. The monoisotopic (exact) mass is 178 g/mol. The molecule has 1 N–H and O–H groups in total. The quantitative estimate of drug-likeness (QED) is 0.642. The number of nitrogens with zero attached hydrogens (tertiary/aromatic N) is 1. The zero-order valence-electron chi connectivity index (χ0n) is 7.01. The van der Waals surface area contributed by atoms with Crippen molar-refractivity contribution in [2.75, 3.05) is 0 Å². The molecule has 1 heterocycles. The van der Waals surface area contributed by atoms with Crippen LogP contribution in [0.2, 0.25) is 0 Å². The number of hydrogen-bond acceptors (Lipinski definition) is 3. The molecule has 0 bridgehead atoms. The van der Waals surface area contributed by atoms with Crippen molar-refractivity contribution < 1.29 is 9.59 Å². The van der Waals surface area contributed by atoms with Crippen molar-refractivity contribution >= 4 is 12.7 Å². The second-order valence-corrected chi connectivity index (χ2v) is 2.59. The topological polar surface area (TPSA) is 59.1 Å². The van der Waals surface area contributed by atoms with Crippen molar-refractivity contribution in [2.45, 2.75) is 12.5 Å². The molecule has 0 aliphatic heterocycles. The van der Waals surface area contributed by atoms with E-state index in [0.29, 0.717) is 12.8 Å². The molecule has 1 aromatic heterocycles. The van der Waals surface area contributed by atoms with Crippen LogP contribution in [0.15, 0.2) is 24.5 Å². The summed E-state index contributed by atoms with van der Waals surface area (Å²) in [6.07, 6.45) is 5.05. The summed E-state index contributed by atoms with van der Waals surface area (Å²) in [4.78, 5) is 24.4. The number of carbonyl (C=O) groups excluding carboxylic acids is 2. The zero-order valence-corrected chi connectivity index (χ0v) is 7.01. The minimum Gasteiger partial charge on any atom is -0.349 e. The molecule has 0 unspecified atom stereocenters. The van der Waals surface area contributed by atoms with Crippen LogP contribution in [0.25, 0.3) is 0 Å². The Hall–Kier alpha value is -1.71. The van der Waals surface area contributed by atoms with E-state index in [2.05, 4.69) is 10.3 Å². The third-order valence-electron chi connectivity index (χ3n) is 1.65. The second kappa shape index (κ2) is 5.03. The Kier molecular flexibility index (Phi) is 3.63. The molecule has 1 atom stereocenters.